The van der Waals surface area contributed by atoms with Crippen molar-refractivity contribution in [2.24, 2.45) is 0 Å². The Morgan fingerprint density at radius 2 is 2.47 bits per heavy atom. The monoisotopic (exact) mass is 222 g/mol. The summed E-state index contributed by atoms with van der Waals surface area (Å²) in [5, 5.41) is 10.6. The van der Waals surface area contributed by atoms with Gasteiger partial charge in [0.2, 0.25) is 0 Å². The summed E-state index contributed by atoms with van der Waals surface area (Å²) in [6.07, 6.45) is 3.24. The Morgan fingerprint density at radius 1 is 1.60 bits per heavy atom. The topological polar surface area (TPSA) is 60.7 Å². The maximum absolute atomic E-state index is 10.4. The van der Waals surface area contributed by atoms with Crippen LogP contribution in [0.1, 0.15) is 28.1 Å². The average Bonchev–Trinajstić information content (AvgIpc) is 2.87. The van der Waals surface area contributed by atoms with E-state index >= 15 is 0 Å². The van der Waals surface area contributed by atoms with E-state index in [1.54, 1.807) is 22.2 Å². The number of nitrogens with zero attached hydrogens (tertiary/aromatic N) is 4. The van der Waals surface area contributed by atoms with Crippen molar-refractivity contribution in [1.82, 2.24) is 20.0 Å². The van der Waals surface area contributed by atoms with E-state index in [0.29, 0.717) is 18.5 Å². The third-order valence-electron chi connectivity index (χ3n) is 1.90. The van der Waals surface area contributed by atoms with Gasteiger partial charge in [-0.15, -0.1) is 16.4 Å². The second-order valence-electron chi connectivity index (χ2n) is 3.04. The SMILES string of the molecule is CCc1nc(Cn2cc(C=O)nn2)cs1. The van der Waals surface area contributed by atoms with E-state index in [0.717, 1.165) is 17.1 Å². The van der Waals surface area contributed by atoms with Gasteiger partial charge in [0.15, 0.2) is 6.29 Å². The van der Waals surface area contributed by atoms with Crippen molar-refractivity contribution in [3.8, 4) is 0 Å². The molecule has 0 aliphatic heterocycles. The first-order valence-corrected chi connectivity index (χ1v) is 5.48. The maximum atomic E-state index is 10.4. The van der Waals surface area contributed by atoms with E-state index in [9.17, 15) is 4.79 Å². The van der Waals surface area contributed by atoms with Gasteiger partial charge in [0, 0.05) is 5.38 Å². The highest BCUT2D eigenvalue weighted by Crippen LogP contribution is 2.10. The number of carbonyl (C=O) groups excluding carboxylic acids is 1. The molecule has 0 atom stereocenters. The molecule has 0 fully saturated rings. The molecule has 0 amide bonds. The van der Waals surface area contributed by atoms with Crippen molar-refractivity contribution in [2.45, 2.75) is 19.9 Å². The molecular weight excluding hydrogens is 212 g/mol. The molecule has 6 heteroatoms. The Morgan fingerprint density at radius 3 is 3.07 bits per heavy atom. The van der Waals surface area contributed by atoms with Crippen LogP contribution < -0.4 is 0 Å². The van der Waals surface area contributed by atoms with Gasteiger partial charge in [0.05, 0.1) is 23.4 Å². The van der Waals surface area contributed by atoms with E-state index in [1.165, 1.54) is 0 Å². The van der Waals surface area contributed by atoms with Crippen molar-refractivity contribution in [3.05, 3.63) is 28.0 Å². The summed E-state index contributed by atoms with van der Waals surface area (Å²) in [4.78, 5) is 14.8. The fraction of sp³-hybridized carbons (Fsp3) is 0.333. The minimum absolute atomic E-state index is 0.348. The van der Waals surface area contributed by atoms with Crippen LogP contribution in [0.3, 0.4) is 0 Å². The average molecular weight is 222 g/mol. The van der Waals surface area contributed by atoms with Crippen molar-refractivity contribution in [2.75, 3.05) is 0 Å². The highest BCUT2D eigenvalue weighted by atomic mass is 32.1. The number of aryl methyl sites for hydroxylation is 1. The van der Waals surface area contributed by atoms with E-state index in [1.807, 2.05) is 5.38 Å². The summed E-state index contributed by atoms with van der Waals surface area (Å²) in [6.45, 7) is 2.64. The molecule has 2 aromatic heterocycles. The molecule has 2 aromatic rings. The Hall–Kier alpha value is -1.56. The van der Waals surface area contributed by atoms with Crippen LogP contribution in [0, 0.1) is 0 Å². The van der Waals surface area contributed by atoms with Gasteiger partial charge < -0.3 is 0 Å². The lowest BCUT2D eigenvalue weighted by atomic mass is 10.4. The first-order chi connectivity index (χ1) is 7.31. The lowest BCUT2D eigenvalue weighted by molar-refractivity contribution is 0.111. The first kappa shape index (κ1) is 9.97. The zero-order valence-electron chi connectivity index (χ0n) is 8.25. The van der Waals surface area contributed by atoms with E-state index in [4.69, 9.17) is 0 Å². The second kappa shape index (κ2) is 4.31. The fourth-order valence-corrected chi connectivity index (χ4v) is 1.93. The number of rotatable bonds is 4. The predicted octanol–water partition coefficient (Wildman–Crippen LogP) is 1.16. The molecule has 0 bridgehead atoms. The predicted molar refractivity (Wildman–Crippen MR) is 56.0 cm³/mol. The van der Waals surface area contributed by atoms with Crippen LogP contribution in [0.4, 0.5) is 0 Å². The van der Waals surface area contributed by atoms with Gasteiger partial charge in [0.1, 0.15) is 5.69 Å². The summed E-state index contributed by atoms with van der Waals surface area (Å²) >= 11 is 1.64. The Labute approximate surface area is 90.8 Å². The molecule has 0 aliphatic rings. The largest absolute Gasteiger partial charge is 0.296 e. The van der Waals surface area contributed by atoms with E-state index in [2.05, 4.69) is 22.2 Å². The molecule has 0 aromatic carbocycles. The smallest absolute Gasteiger partial charge is 0.171 e. The number of carbonyl (C=O) groups is 1. The second-order valence-corrected chi connectivity index (χ2v) is 3.99. The number of hydrogen-bond donors (Lipinski definition) is 0. The van der Waals surface area contributed by atoms with Crippen molar-refractivity contribution >= 4 is 17.6 Å². The summed E-state index contributed by atoms with van der Waals surface area (Å²) < 4.78 is 1.61. The van der Waals surface area contributed by atoms with Crippen LogP contribution >= 0.6 is 11.3 Å². The minimum Gasteiger partial charge on any atom is -0.296 e. The number of aromatic nitrogens is 4. The van der Waals surface area contributed by atoms with Crippen LogP contribution in [-0.4, -0.2) is 26.3 Å². The number of aldehydes is 1. The fourth-order valence-electron chi connectivity index (χ4n) is 1.19. The zero-order chi connectivity index (χ0) is 10.7. The molecule has 0 unspecified atom stereocenters. The molecule has 0 aliphatic carbocycles. The lowest BCUT2D eigenvalue weighted by Crippen LogP contribution is -2.00. The molecule has 2 rings (SSSR count). The molecule has 5 nitrogen and oxygen atoms in total. The van der Waals surface area contributed by atoms with Gasteiger partial charge >= 0.3 is 0 Å². The van der Waals surface area contributed by atoms with Gasteiger partial charge in [-0.1, -0.05) is 12.1 Å². The Balaban J connectivity index is 2.10. The van der Waals surface area contributed by atoms with Crippen molar-refractivity contribution in [3.63, 3.8) is 0 Å². The third-order valence-corrected chi connectivity index (χ3v) is 2.94. The van der Waals surface area contributed by atoms with Crippen LogP contribution in [0.2, 0.25) is 0 Å². The standard InChI is InChI=1S/C9H10N4OS/c1-2-9-10-8(6-15-9)4-13-3-7(5-14)11-12-13/h3,5-6H,2,4H2,1H3. The number of thiazole rings is 1. The van der Waals surface area contributed by atoms with Crippen molar-refractivity contribution < 1.29 is 4.79 Å². The first-order valence-electron chi connectivity index (χ1n) is 4.60. The van der Waals surface area contributed by atoms with E-state index < -0.39 is 0 Å². The van der Waals surface area contributed by atoms with Crippen LogP contribution in [0.5, 0.6) is 0 Å². The third kappa shape index (κ3) is 2.27. The lowest BCUT2D eigenvalue weighted by Gasteiger charge is -1.94. The van der Waals surface area contributed by atoms with Crippen LogP contribution in [-0.2, 0) is 13.0 Å². The molecule has 0 radical (unpaired) electrons. The normalized spacial score (nSPS) is 10.5. The minimum atomic E-state index is 0.348. The van der Waals surface area contributed by atoms with Gasteiger partial charge in [-0.05, 0) is 6.42 Å². The molecule has 0 spiro atoms. The van der Waals surface area contributed by atoms with Gasteiger partial charge in [0.25, 0.3) is 0 Å². The molecule has 78 valence electrons. The molecule has 15 heavy (non-hydrogen) atoms. The van der Waals surface area contributed by atoms with E-state index in [-0.39, 0.29) is 0 Å². The number of hydrogen-bond acceptors (Lipinski definition) is 5. The molecule has 2 heterocycles. The van der Waals surface area contributed by atoms with Gasteiger partial charge in [-0.2, -0.15) is 0 Å². The van der Waals surface area contributed by atoms with Crippen LogP contribution in [0.15, 0.2) is 11.6 Å². The summed E-state index contributed by atoms with van der Waals surface area (Å²) in [5.74, 6) is 0. The van der Waals surface area contributed by atoms with Crippen LogP contribution in [0.25, 0.3) is 0 Å². The summed E-state index contributed by atoms with van der Waals surface area (Å²) in [5.41, 5.74) is 1.31. The molecule has 0 saturated heterocycles. The zero-order valence-corrected chi connectivity index (χ0v) is 9.07. The molecular formula is C9H10N4OS. The van der Waals surface area contributed by atoms with Gasteiger partial charge in [-0.25, -0.2) is 9.67 Å². The Kier molecular flexibility index (Phi) is 2.86. The highest BCUT2D eigenvalue weighted by molar-refractivity contribution is 7.09. The summed E-state index contributed by atoms with van der Waals surface area (Å²) in [6, 6.07) is 0. The molecule has 0 N–H and O–H groups in total. The quantitative estimate of drug-likeness (QED) is 0.728. The summed E-state index contributed by atoms with van der Waals surface area (Å²) in [7, 11) is 0. The molecule has 0 saturated carbocycles. The van der Waals surface area contributed by atoms with Crippen molar-refractivity contribution in [1.29, 1.82) is 0 Å². The maximum Gasteiger partial charge on any atom is 0.171 e. The Bertz CT molecular complexity index is 462. The van der Waals surface area contributed by atoms with Gasteiger partial charge in [-0.3, -0.25) is 4.79 Å². The highest BCUT2D eigenvalue weighted by Gasteiger charge is 2.03.